The lowest BCUT2D eigenvalue weighted by molar-refractivity contribution is 0.141. The molecular formula is C14H19NO6S. The molecule has 1 amide bonds. The summed E-state index contributed by atoms with van der Waals surface area (Å²) in [6, 6.07) is 5.67. The fourth-order valence-corrected chi connectivity index (χ4v) is 4.20. The van der Waals surface area contributed by atoms with E-state index in [1.54, 1.807) is 31.2 Å². The SMILES string of the molecule is CCOC(=O)N(c1ccc(OC)cc1)[C@@H]1CS(=O)(=O)C[C@@H]1O. The number of benzene rings is 1. The van der Waals surface area contributed by atoms with Gasteiger partial charge in [0.15, 0.2) is 9.84 Å². The molecule has 1 saturated heterocycles. The fraction of sp³-hybridized carbons (Fsp3) is 0.500. The van der Waals surface area contributed by atoms with Crippen LogP contribution in [0.4, 0.5) is 10.5 Å². The maximum Gasteiger partial charge on any atom is 0.414 e. The summed E-state index contributed by atoms with van der Waals surface area (Å²) in [6.45, 7) is 1.81. The Balaban J connectivity index is 2.36. The zero-order valence-corrected chi connectivity index (χ0v) is 13.2. The highest BCUT2D eigenvalue weighted by molar-refractivity contribution is 7.91. The summed E-state index contributed by atoms with van der Waals surface area (Å²) >= 11 is 0. The second kappa shape index (κ2) is 6.53. The van der Waals surface area contributed by atoms with Crippen LogP contribution in [0, 0.1) is 0 Å². The Labute approximate surface area is 129 Å². The summed E-state index contributed by atoms with van der Waals surface area (Å²) in [4.78, 5) is 13.4. The monoisotopic (exact) mass is 329 g/mol. The number of carbonyl (C=O) groups excluding carboxylic acids is 1. The van der Waals surface area contributed by atoms with Crippen LogP contribution in [0.25, 0.3) is 0 Å². The van der Waals surface area contributed by atoms with Crippen LogP contribution in [0.15, 0.2) is 24.3 Å². The summed E-state index contributed by atoms with van der Waals surface area (Å²) in [5.41, 5.74) is 0.445. The number of sulfone groups is 1. The predicted octanol–water partition coefficient (Wildman–Crippen LogP) is 0.816. The molecule has 0 unspecified atom stereocenters. The molecule has 22 heavy (non-hydrogen) atoms. The molecule has 1 N–H and O–H groups in total. The molecule has 1 heterocycles. The quantitative estimate of drug-likeness (QED) is 0.879. The van der Waals surface area contributed by atoms with Gasteiger partial charge < -0.3 is 14.6 Å². The Bertz CT molecular complexity index is 627. The molecule has 0 radical (unpaired) electrons. The highest BCUT2D eigenvalue weighted by atomic mass is 32.2. The summed E-state index contributed by atoms with van der Waals surface area (Å²) in [7, 11) is -1.86. The second-order valence-corrected chi connectivity index (χ2v) is 7.13. The maximum atomic E-state index is 12.2. The Kier molecular flexibility index (Phi) is 4.92. The smallest absolute Gasteiger partial charge is 0.414 e. The van der Waals surface area contributed by atoms with E-state index in [1.165, 1.54) is 12.0 Å². The first-order valence-corrected chi connectivity index (χ1v) is 8.68. The van der Waals surface area contributed by atoms with Crippen molar-refractivity contribution in [3.63, 3.8) is 0 Å². The largest absolute Gasteiger partial charge is 0.497 e. The summed E-state index contributed by atoms with van der Waals surface area (Å²) in [5.74, 6) is -0.0462. The molecule has 0 spiro atoms. The van der Waals surface area contributed by atoms with Crippen molar-refractivity contribution in [3.8, 4) is 5.75 Å². The Morgan fingerprint density at radius 1 is 1.32 bits per heavy atom. The van der Waals surface area contributed by atoms with Crippen LogP contribution in [-0.4, -0.2) is 57.0 Å². The molecule has 1 aromatic carbocycles. The second-order valence-electron chi connectivity index (χ2n) is 4.98. The number of carbonyl (C=O) groups is 1. The first kappa shape index (κ1) is 16.6. The Morgan fingerprint density at radius 2 is 1.95 bits per heavy atom. The topological polar surface area (TPSA) is 93.1 Å². The number of ether oxygens (including phenoxy) is 2. The van der Waals surface area contributed by atoms with Crippen LogP contribution in [0.2, 0.25) is 0 Å². The van der Waals surface area contributed by atoms with E-state index in [-0.39, 0.29) is 18.1 Å². The van der Waals surface area contributed by atoms with Crippen molar-refractivity contribution in [1.29, 1.82) is 0 Å². The molecule has 8 heteroatoms. The van der Waals surface area contributed by atoms with Gasteiger partial charge in [0, 0.05) is 5.69 Å². The molecule has 7 nitrogen and oxygen atoms in total. The number of anilines is 1. The fourth-order valence-electron chi connectivity index (χ4n) is 2.43. The Hall–Kier alpha value is -1.80. The minimum Gasteiger partial charge on any atom is -0.497 e. The average molecular weight is 329 g/mol. The van der Waals surface area contributed by atoms with Crippen molar-refractivity contribution in [3.05, 3.63) is 24.3 Å². The molecule has 2 atom stereocenters. The van der Waals surface area contributed by atoms with E-state index >= 15 is 0 Å². The van der Waals surface area contributed by atoms with Gasteiger partial charge in [0.05, 0.1) is 37.4 Å². The standard InChI is InChI=1S/C14H19NO6S/c1-3-21-14(17)15(10-4-6-11(20-2)7-5-10)12-8-22(18,19)9-13(12)16/h4-7,12-13,16H,3,8-9H2,1-2H3/t12-,13+/m1/s1. The molecule has 2 rings (SSSR count). The first-order valence-electron chi connectivity index (χ1n) is 6.86. The van der Waals surface area contributed by atoms with Gasteiger partial charge in [-0.3, -0.25) is 4.90 Å². The van der Waals surface area contributed by atoms with Gasteiger partial charge in [0.2, 0.25) is 0 Å². The molecule has 0 saturated carbocycles. The number of nitrogens with zero attached hydrogens (tertiary/aromatic N) is 1. The van der Waals surface area contributed by atoms with Crippen LogP contribution >= 0.6 is 0 Å². The molecule has 1 aromatic rings. The summed E-state index contributed by atoms with van der Waals surface area (Å²) < 4.78 is 33.5. The van der Waals surface area contributed by atoms with E-state index in [0.29, 0.717) is 11.4 Å². The van der Waals surface area contributed by atoms with E-state index in [2.05, 4.69) is 0 Å². The summed E-state index contributed by atoms with van der Waals surface area (Å²) in [5, 5.41) is 10.0. The number of aliphatic hydroxyl groups is 1. The zero-order valence-electron chi connectivity index (χ0n) is 12.4. The lowest BCUT2D eigenvalue weighted by Gasteiger charge is -2.29. The predicted molar refractivity (Wildman–Crippen MR) is 80.9 cm³/mol. The minimum atomic E-state index is -3.38. The average Bonchev–Trinajstić information content (AvgIpc) is 2.73. The number of methoxy groups -OCH3 is 1. The van der Waals surface area contributed by atoms with Gasteiger partial charge in [-0.25, -0.2) is 13.2 Å². The van der Waals surface area contributed by atoms with E-state index in [4.69, 9.17) is 9.47 Å². The molecule has 1 fully saturated rings. The van der Waals surface area contributed by atoms with E-state index in [0.717, 1.165) is 0 Å². The van der Waals surface area contributed by atoms with Crippen molar-refractivity contribution >= 4 is 21.6 Å². The minimum absolute atomic E-state index is 0.154. The molecule has 0 bridgehead atoms. The third kappa shape index (κ3) is 3.50. The van der Waals surface area contributed by atoms with Crippen molar-refractivity contribution < 1.29 is 27.8 Å². The number of amides is 1. The van der Waals surface area contributed by atoms with Gasteiger partial charge in [-0.15, -0.1) is 0 Å². The van der Waals surface area contributed by atoms with Gasteiger partial charge in [-0.2, -0.15) is 0 Å². The lowest BCUT2D eigenvalue weighted by Crippen LogP contribution is -2.47. The molecule has 1 aliphatic rings. The summed E-state index contributed by atoms with van der Waals surface area (Å²) in [6.07, 6.45) is -1.83. The lowest BCUT2D eigenvalue weighted by atomic mass is 10.1. The third-order valence-corrected chi connectivity index (χ3v) is 5.14. The molecule has 1 aliphatic heterocycles. The third-order valence-electron chi connectivity index (χ3n) is 3.44. The molecule has 0 aromatic heterocycles. The Morgan fingerprint density at radius 3 is 2.41 bits per heavy atom. The highest BCUT2D eigenvalue weighted by Gasteiger charge is 2.43. The van der Waals surface area contributed by atoms with Crippen LogP contribution in [0.3, 0.4) is 0 Å². The van der Waals surface area contributed by atoms with Crippen LogP contribution < -0.4 is 9.64 Å². The zero-order chi connectivity index (χ0) is 16.3. The van der Waals surface area contributed by atoms with Crippen LogP contribution in [-0.2, 0) is 14.6 Å². The van der Waals surface area contributed by atoms with Crippen molar-refractivity contribution in [2.24, 2.45) is 0 Å². The van der Waals surface area contributed by atoms with Crippen molar-refractivity contribution in [2.45, 2.75) is 19.1 Å². The number of rotatable bonds is 4. The molecule has 122 valence electrons. The van der Waals surface area contributed by atoms with Gasteiger partial charge in [-0.05, 0) is 31.2 Å². The number of hydrogen-bond donors (Lipinski definition) is 1. The molecular weight excluding hydrogens is 310 g/mol. The van der Waals surface area contributed by atoms with Crippen molar-refractivity contribution in [1.82, 2.24) is 0 Å². The number of aliphatic hydroxyl groups excluding tert-OH is 1. The molecule has 0 aliphatic carbocycles. The van der Waals surface area contributed by atoms with Gasteiger partial charge in [0.25, 0.3) is 0 Å². The normalized spacial score (nSPS) is 23.0. The van der Waals surface area contributed by atoms with Crippen LogP contribution in [0.1, 0.15) is 6.92 Å². The number of hydrogen-bond acceptors (Lipinski definition) is 6. The first-order chi connectivity index (χ1) is 10.4. The van der Waals surface area contributed by atoms with Gasteiger partial charge in [0.1, 0.15) is 5.75 Å². The van der Waals surface area contributed by atoms with Gasteiger partial charge >= 0.3 is 6.09 Å². The van der Waals surface area contributed by atoms with E-state index in [9.17, 15) is 18.3 Å². The maximum absolute atomic E-state index is 12.2. The van der Waals surface area contributed by atoms with E-state index < -0.39 is 28.1 Å². The van der Waals surface area contributed by atoms with E-state index in [1.807, 2.05) is 0 Å². The van der Waals surface area contributed by atoms with Crippen LogP contribution in [0.5, 0.6) is 5.75 Å². The van der Waals surface area contributed by atoms with Crippen molar-refractivity contribution in [2.75, 3.05) is 30.1 Å². The van der Waals surface area contributed by atoms with Gasteiger partial charge in [-0.1, -0.05) is 0 Å². The highest BCUT2D eigenvalue weighted by Crippen LogP contribution is 2.27.